The van der Waals surface area contributed by atoms with Crippen molar-refractivity contribution in [1.29, 1.82) is 0 Å². The van der Waals surface area contributed by atoms with Crippen molar-refractivity contribution in [2.45, 2.75) is 235 Å². The highest BCUT2D eigenvalue weighted by Gasteiger charge is 2.51. The highest BCUT2D eigenvalue weighted by molar-refractivity contribution is 9.09. The van der Waals surface area contributed by atoms with Gasteiger partial charge in [0, 0.05) is 78.5 Å². The summed E-state index contributed by atoms with van der Waals surface area (Å²) in [6.45, 7) is 11.2. The van der Waals surface area contributed by atoms with Crippen LogP contribution in [0.5, 0.6) is 0 Å². The molecule has 92 heavy (non-hydrogen) atoms. The second-order valence-electron chi connectivity index (χ2n) is 28.2. The summed E-state index contributed by atoms with van der Waals surface area (Å²) >= 11 is 10.1. The zero-order chi connectivity index (χ0) is 69.0. The molecule has 3 saturated carbocycles. The molecule has 11 amide bonds. The molecule has 11 atom stereocenters. The number of rotatable bonds is 10. The van der Waals surface area contributed by atoms with Crippen molar-refractivity contribution in [2.75, 3.05) is 75.5 Å². The van der Waals surface area contributed by atoms with Gasteiger partial charge in [0.15, 0.2) is 0 Å². The van der Waals surface area contributed by atoms with Gasteiger partial charge < -0.3 is 55.1 Å². The van der Waals surface area contributed by atoms with E-state index < -0.39 is 162 Å². The molecule has 2 heterocycles. The van der Waals surface area contributed by atoms with Gasteiger partial charge >= 0.3 is 6.18 Å². The predicted molar refractivity (Wildman–Crippen MR) is 346 cm³/mol. The first-order valence-electron chi connectivity index (χ1n) is 33.3. The molecule has 5 fully saturated rings. The molecule has 27 heteroatoms. The van der Waals surface area contributed by atoms with Crippen molar-refractivity contribution in [1.82, 2.24) is 55.1 Å². The Morgan fingerprint density at radius 3 is 1.79 bits per heavy atom. The first-order chi connectivity index (χ1) is 42.9. The Kier molecular flexibility index (Phi) is 28.5. The van der Waals surface area contributed by atoms with Crippen LogP contribution in [0.3, 0.4) is 0 Å². The summed E-state index contributed by atoms with van der Waals surface area (Å²) in [6, 6.07) is -7.56. The second-order valence-corrected chi connectivity index (χ2v) is 30.0. The van der Waals surface area contributed by atoms with Crippen LogP contribution in [-0.4, -0.2) is 244 Å². The maximum Gasteiger partial charge on any atom is 0.393 e. The van der Waals surface area contributed by atoms with Crippen LogP contribution in [0.2, 0.25) is 0 Å². The third-order valence-electron chi connectivity index (χ3n) is 20.4. The summed E-state index contributed by atoms with van der Waals surface area (Å²) in [6.07, 6.45) is 1.52. The normalized spacial score (nSPS) is 31.0. The minimum absolute atomic E-state index is 0.00131. The van der Waals surface area contributed by atoms with E-state index in [1.165, 1.54) is 78.7 Å². The van der Waals surface area contributed by atoms with Gasteiger partial charge in [-0.1, -0.05) is 76.7 Å². The van der Waals surface area contributed by atoms with E-state index >= 15 is 9.59 Å². The van der Waals surface area contributed by atoms with Crippen molar-refractivity contribution in [3.63, 3.8) is 0 Å². The number of likely N-dealkylation sites (N-methyl/N-ethyl adjacent to an activating group) is 7. The van der Waals surface area contributed by atoms with E-state index in [0.29, 0.717) is 25.7 Å². The van der Waals surface area contributed by atoms with E-state index in [1.807, 2.05) is 20.8 Å². The number of carbonyl (C=O) groups excluding carboxylic acids is 11. The monoisotopic (exact) mass is 1390 g/mol. The highest BCUT2D eigenvalue weighted by atomic mass is 79.9. The number of amides is 11. The molecule has 1 spiro atoms. The van der Waals surface area contributed by atoms with Gasteiger partial charge in [-0.3, -0.25) is 52.7 Å². The molecule has 3 unspecified atom stereocenters. The van der Waals surface area contributed by atoms with E-state index in [1.54, 1.807) is 27.7 Å². The van der Waals surface area contributed by atoms with Crippen molar-refractivity contribution in [3.05, 3.63) is 0 Å². The fourth-order valence-corrected chi connectivity index (χ4v) is 15.1. The predicted octanol–water partition coefficient (Wildman–Crippen LogP) is 5.94. The van der Waals surface area contributed by atoms with E-state index in [0.717, 1.165) is 35.5 Å². The van der Waals surface area contributed by atoms with Gasteiger partial charge in [-0.15, -0.1) is 11.6 Å². The number of carbonyl (C=O) groups is 11. The molecule has 0 aromatic carbocycles. The summed E-state index contributed by atoms with van der Waals surface area (Å²) < 4.78 is 41.8. The van der Waals surface area contributed by atoms with Crippen LogP contribution >= 0.6 is 27.5 Å². The number of halogens is 5. The standard InChI is InChI=1S/C65H106BrClF3N11O11/c1-15-40(6)55-61(90)76(10)36-53(84)74(8)37-54(85)79(13)50(34-43-20-24-44(66)25-21-43)60(89)75(9)35-51(82)71-47(27-23-42-22-26-45(46(67)33-42)65(68,69)70)59(88)81-30-18-19-48(81)58(87)73-64(28-16-17-29-64)63(92)80(14)56(39(4)5)62(91)77(11)41(7)32-52(83)78(12)49(31-38(2)3)57(86)72-55/h38-50,55-56H,15-37H2,1-14H3,(H,71,82)(H,72,86)(H,73,87)/t40-,41+,42?,43?,44?,45?,46?,47-,48-,49-,50-,55-,56-/m0/s1. The van der Waals surface area contributed by atoms with Crippen molar-refractivity contribution in [3.8, 4) is 0 Å². The van der Waals surface area contributed by atoms with Gasteiger partial charge in [0.25, 0.3) is 0 Å². The summed E-state index contributed by atoms with van der Waals surface area (Å²) in [5.41, 5.74) is -1.48. The number of fused-ring (bicyclic) bond motifs is 1. The molecule has 5 rings (SSSR count). The first-order valence-corrected chi connectivity index (χ1v) is 34.7. The quantitative estimate of drug-likeness (QED) is 0.216. The maximum absolute atomic E-state index is 15.1. The minimum atomic E-state index is -4.50. The molecule has 3 N–H and O–H groups in total. The molecule has 0 radical (unpaired) electrons. The zero-order valence-corrected chi connectivity index (χ0v) is 59.2. The molecule has 0 aromatic heterocycles. The van der Waals surface area contributed by atoms with Crippen LogP contribution < -0.4 is 16.0 Å². The second kappa shape index (κ2) is 33.9. The Hall–Kier alpha value is -5.27. The van der Waals surface area contributed by atoms with E-state index in [2.05, 4.69) is 31.9 Å². The summed E-state index contributed by atoms with van der Waals surface area (Å²) in [5.74, 6) is -9.56. The Morgan fingerprint density at radius 1 is 0.630 bits per heavy atom. The average molecular weight is 1390 g/mol. The highest BCUT2D eigenvalue weighted by Crippen LogP contribution is 2.44. The van der Waals surface area contributed by atoms with Crippen molar-refractivity contribution in [2.24, 2.45) is 35.5 Å². The average Bonchev–Trinajstić information content (AvgIpc) is 1.50. The van der Waals surface area contributed by atoms with Crippen LogP contribution in [0.1, 0.15) is 170 Å². The fraction of sp³-hybridized carbons (Fsp3) is 0.831. The molecule has 522 valence electrons. The summed E-state index contributed by atoms with van der Waals surface area (Å²) in [4.78, 5) is 171. The molecule has 5 aliphatic rings. The lowest BCUT2D eigenvalue weighted by atomic mass is 9.78. The number of alkyl halides is 5. The lowest BCUT2D eigenvalue weighted by molar-refractivity contribution is -0.182. The van der Waals surface area contributed by atoms with Gasteiger partial charge in [-0.2, -0.15) is 13.2 Å². The van der Waals surface area contributed by atoms with Gasteiger partial charge in [0.1, 0.15) is 41.8 Å². The Balaban J connectivity index is 1.54. The molecule has 3 aliphatic carbocycles. The molecular formula is C65H106BrClF3N11O11. The molecule has 0 bridgehead atoms. The first kappa shape index (κ1) is 77.4. The Bertz CT molecular complexity index is 2630. The van der Waals surface area contributed by atoms with E-state index in [4.69, 9.17) is 11.6 Å². The number of hydrogen-bond donors (Lipinski definition) is 3. The molecule has 2 saturated heterocycles. The van der Waals surface area contributed by atoms with Gasteiger partial charge in [0.05, 0.1) is 25.6 Å². The number of nitrogens with zero attached hydrogens (tertiary/aromatic N) is 8. The van der Waals surface area contributed by atoms with Gasteiger partial charge in [-0.05, 0) is 133 Å². The van der Waals surface area contributed by atoms with Crippen LogP contribution in [0.4, 0.5) is 13.2 Å². The lowest BCUT2D eigenvalue weighted by Gasteiger charge is -2.41. The molecular weight excluding hydrogens is 1280 g/mol. The summed E-state index contributed by atoms with van der Waals surface area (Å²) in [5, 5.41) is 7.55. The molecule has 22 nitrogen and oxygen atoms in total. The fourth-order valence-electron chi connectivity index (χ4n) is 14.1. The Morgan fingerprint density at radius 2 is 1.22 bits per heavy atom. The van der Waals surface area contributed by atoms with Crippen molar-refractivity contribution < 1.29 is 65.9 Å². The van der Waals surface area contributed by atoms with Crippen LogP contribution in [0.15, 0.2) is 0 Å². The van der Waals surface area contributed by atoms with Gasteiger partial charge in [0.2, 0.25) is 65.0 Å². The van der Waals surface area contributed by atoms with Gasteiger partial charge in [-0.25, -0.2) is 0 Å². The number of nitrogens with one attached hydrogen (secondary N) is 3. The smallest absolute Gasteiger partial charge is 0.343 e. The third kappa shape index (κ3) is 19.9. The maximum atomic E-state index is 15.1. The summed E-state index contributed by atoms with van der Waals surface area (Å²) in [7, 11) is 10.2. The van der Waals surface area contributed by atoms with E-state index in [9.17, 15) is 56.3 Å². The SMILES string of the molecule is CC[C@H](C)[C@@H]1NC(=O)[C@H](CC(C)C)N(C)C(=O)C[C@@H](C)N(C)C(=O)[C@H](C(C)C)N(C)C(=O)C2(CCCC2)NC(=O)[C@@H]2CCCN2C(=O)[C@H](CCC2CCC(C(F)(F)F)C(Cl)C2)NC(=O)CN(C)C(=O)[C@H](CC2CCC(Br)CC2)N(C)C(=O)CN(C)C(=O)CN(C)C1=O. The third-order valence-corrected chi connectivity index (χ3v) is 21.8. The zero-order valence-electron chi connectivity index (χ0n) is 56.9. The van der Waals surface area contributed by atoms with Crippen LogP contribution in [-0.2, 0) is 52.7 Å². The minimum Gasteiger partial charge on any atom is -0.343 e. The van der Waals surface area contributed by atoms with Crippen molar-refractivity contribution >= 4 is 92.5 Å². The van der Waals surface area contributed by atoms with E-state index in [-0.39, 0.29) is 99.8 Å². The van der Waals surface area contributed by atoms with Crippen LogP contribution in [0, 0.1) is 35.5 Å². The Labute approximate surface area is 556 Å². The molecule has 0 aromatic rings. The largest absolute Gasteiger partial charge is 0.393 e. The number of hydrogen-bond acceptors (Lipinski definition) is 11. The van der Waals surface area contributed by atoms with Crippen LogP contribution in [0.25, 0.3) is 0 Å². The molecule has 2 aliphatic heterocycles. The lowest BCUT2D eigenvalue weighted by Crippen LogP contribution is -2.64. The topological polar surface area (TPSA) is 250 Å².